The molecule has 2 aromatic rings. The second kappa shape index (κ2) is 6.42. The highest BCUT2D eigenvalue weighted by atomic mass is 35.5. The van der Waals surface area contributed by atoms with Crippen LogP contribution in [0.1, 0.15) is 19.8 Å². The smallest absolute Gasteiger partial charge is 0.259 e. The quantitative estimate of drug-likeness (QED) is 0.880. The van der Waals surface area contributed by atoms with Gasteiger partial charge in [0.25, 0.3) is 5.91 Å². The van der Waals surface area contributed by atoms with Crippen LogP contribution in [0.5, 0.6) is 5.88 Å². The number of fused-ring (bicyclic) bond motifs is 1. The van der Waals surface area contributed by atoms with Crippen LogP contribution >= 0.6 is 23.2 Å². The molecule has 0 bridgehead atoms. The molecular weight excluding hydrogens is 351 g/mol. The van der Waals surface area contributed by atoms with Crippen molar-refractivity contribution in [3.05, 3.63) is 28.5 Å². The molecule has 124 valence electrons. The Balaban J connectivity index is 1.74. The number of aromatic nitrogens is 2. The first-order valence-corrected chi connectivity index (χ1v) is 8.13. The molecule has 1 saturated carbocycles. The molecule has 8 heteroatoms. The zero-order valence-corrected chi connectivity index (χ0v) is 14.4. The fraction of sp³-hybridized carbons (Fsp3) is 0.375. The van der Waals surface area contributed by atoms with Gasteiger partial charge in [0, 0.05) is 5.02 Å². The highest BCUT2D eigenvalue weighted by Crippen LogP contribution is 2.39. The minimum absolute atomic E-state index is 0.198. The van der Waals surface area contributed by atoms with Gasteiger partial charge in [0.15, 0.2) is 6.61 Å². The van der Waals surface area contributed by atoms with Crippen molar-refractivity contribution in [2.24, 2.45) is 5.92 Å². The molecule has 0 saturated heterocycles. The van der Waals surface area contributed by atoms with E-state index in [2.05, 4.69) is 21.4 Å². The highest BCUT2D eigenvalue weighted by Gasteiger charge is 2.43. The molecule has 0 aliphatic heterocycles. The van der Waals surface area contributed by atoms with Crippen LogP contribution in [-0.4, -0.2) is 28.0 Å². The Labute approximate surface area is 148 Å². The molecule has 1 fully saturated rings. The van der Waals surface area contributed by atoms with Gasteiger partial charge >= 0.3 is 0 Å². The van der Waals surface area contributed by atoms with Gasteiger partial charge < -0.3 is 10.1 Å². The second-order valence-corrected chi connectivity index (χ2v) is 6.73. The topological polar surface area (TPSA) is 87.9 Å². The van der Waals surface area contributed by atoms with E-state index in [0.29, 0.717) is 20.9 Å². The highest BCUT2D eigenvalue weighted by molar-refractivity contribution is 6.38. The molecule has 0 radical (unpaired) electrons. The van der Waals surface area contributed by atoms with Crippen LogP contribution < -0.4 is 10.1 Å². The number of hydrogen-bond donors (Lipinski definition) is 1. The van der Waals surface area contributed by atoms with Crippen LogP contribution in [0.25, 0.3) is 10.9 Å². The first-order valence-electron chi connectivity index (χ1n) is 7.38. The predicted octanol–water partition coefficient (Wildman–Crippen LogP) is 3.12. The van der Waals surface area contributed by atoms with Gasteiger partial charge in [-0.15, -0.1) is 0 Å². The van der Waals surface area contributed by atoms with Gasteiger partial charge in [0.1, 0.15) is 11.9 Å². The van der Waals surface area contributed by atoms with Crippen molar-refractivity contribution in [1.82, 2.24) is 15.3 Å². The van der Waals surface area contributed by atoms with Crippen molar-refractivity contribution in [3.8, 4) is 11.9 Å². The lowest BCUT2D eigenvalue weighted by molar-refractivity contribution is -0.124. The van der Waals surface area contributed by atoms with Crippen molar-refractivity contribution in [2.45, 2.75) is 25.3 Å². The van der Waals surface area contributed by atoms with E-state index in [-0.39, 0.29) is 24.3 Å². The number of nitrogens with zero attached hydrogens (tertiary/aromatic N) is 3. The second-order valence-electron chi connectivity index (χ2n) is 5.89. The molecule has 1 unspecified atom stereocenters. The summed E-state index contributed by atoms with van der Waals surface area (Å²) in [5.41, 5.74) is -0.368. The van der Waals surface area contributed by atoms with Gasteiger partial charge in [0.05, 0.1) is 22.0 Å². The molecule has 24 heavy (non-hydrogen) atoms. The summed E-state index contributed by atoms with van der Waals surface area (Å²) in [6.07, 6.45) is 3.19. The molecule has 1 N–H and O–H groups in total. The predicted molar refractivity (Wildman–Crippen MR) is 89.9 cm³/mol. The van der Waals surface area contributed by atoms with Crippen LogP contribution in [-0.2, 0) is 4.79 Å². The summed E-state index contributed by atoms with van der Waals surface area (Å²) in [5.74, 6) is 0.0272. The summed E-state index contributed by atoms with van der Waals surface area (Å²) in [6.45, 7) is 1.46. The number of hydrogen-bond acceptors (Lipinski definition) is 5. The number of halogens is 2. The molecule has 0 spiro atoms. The van der Waals surface area contributed by atoms with Gasteiger partial charge in [-0.05, 0) is 37.8 Å². The average molecular weight is 365 g/mol. The van der Waals surface area contributed by atoms with E-state index in [1.807, 2.05) is 0 Å². The van der Waals surface area contributed by atoms with Crippen LogP contribution in [0.3, 0.4) is 0 Å². The number of rotatable bonds is 5. The third-order valence-corrected chi connectivity index (χ3v) is 4.49. The third-order valence-electron chi connectivity index (χ3n) is 3.99. The standard InChI is InChI=1S/C16H14Cl2N4O2/c1-16(7-19,9-2-3-9)22-13(23)6-24-15-11-4-10(17)5-12(18)14(11)20-8-21-15/h4-5,8-9H,2-3,6H2,1H3,(H,22,23). The van der Waals surface area contributed by atoms with Crippen molar-refractivity contribution < 1.29 is 9.53 Å². The SMILES string of the molecule is CC(C#N)(NC(=O)COc1ncnc2c(Cl)cc(Cl)cc12)C1CC1. The minimum Gasteiger partial charge on any atom is -0.467 e. The maximum atomic E-state index is 12.1. The summed E-state index contributed by atoms with van der Waals surface area (Å²) < 4.78 is 5.49. The normalized spacial score (nSPS) is 16.2. The molecule has 6 nitrogen and oxygen atoms in total. The molecule has 1 heterocycles. The maximum Gasteiger partial charge on any atom is 0.259 e. The summed E-state index contributed by atoms with van der Waals surface area (Å²) in [6, 6.07) is 5.36. The molecule has 1 aromatic heterocycles. The minimum atomic E-state index is -0.860. The van der Waals surface area contributed by atoms with E-state index in [1.165, 1.54) is 6.33 Å². The molecule has 1 aliphatic rings. The van der Waals surface area contributed by atoms with Crippen molar-refractivity contribution in [3.63, 3.8) is 0 Å². The molecular formula is C16H14Cl2N4O2. The fourth-order valence-electron chi connectivity index (χ4n) is 2.53. The lowest BCUT2D eigenvalue weighted by Gasteiger charge is -2.22. The van der Waals surface area contributed by atoms with E-state index in [4.69, 9.17) is 27.9 Å². The fourth-order valence-corrected chi connectivity index (χ4v) is 3.07. The first-order chi connectivity index (χ1) is 11.4. The summed E-state index contributed by atoms with van der Waals surface area (Å²) in [4.78, 5) is 20.2. The van der Waals surface area contributed by atoms with E-state index >= 15 is 0 Å². The summed E-state index contributed by atoms with van der Waals surface area (Å²) >= 11 is 12.1. The van der Waals surface area contributed by atoms with Gasteiger partial charge in [-0.1, -0.05) is 23.2 Å². The number of benzene rings is 1. The zero-order chi connectivity index (χ0) is 17.3. The van der Waals surface area contributed by atoms with Crippen LogP contribution in [0.4, 0.5) is 0 Å². The van der Waals surface area contributed by atoms with Gasteiger partial charge in [-0.2, -0.15) is 5.26 Å². The number of amides is 1. The largest absolute Gasteiger partial charge is 0.467 e. The van der Waals surface area contributed by atoms with Gasteiger partial charge in [0.2, 0.25) is 5.88 Å². The lowest BCUT2D eigenvalue weighted by atomic mass is 9.98. The third kappa shape index (κ3) is 3.37. The molecule has 1 atom stereocenters. The van der Waals surface area contributed by atoms with Crippen LogP contribution in [0.15, 0.2) is 18.5 Å². The Morgan fingerprint density at radius 1 is 1.46 bits per heavy atom. The Hall–Kier alpha value is -2.10. The molecule has 1 aromatic carbocycles. The Morgan fingerprint density at radius 3 is 2.88 bits per heavy atom. The lowest BCUT2D eigenvalue weighted by Crippen LogP contribution is -2.48. The van der Waals surface area contributed by atoms with Crippen molar-refractivity contribution in [1.29, 1.82) is 5.26 Å². The van der Waals surface area contributed by atoms with E-state index < -0.39 is 5.54 Å². The number of ether oxygens (including phenoxy) is 1. The average Bonchev–Trinajstić information content (AvgIpc) is 3.38. The Morgan fingerprint density at radius 2 is 2.21 bits per heavy atom. The van der Waals surface area contributed by atoms with Crippen molar-refractivity contribution >= 4 is 40.0 Å². The number of carbonyl (C=O) groups excluding carboxylic acids is 1. The number of nitriles is 1. The first kappa shape index (κ1) is 16.7. The van der Waals surface area contributed by atoms with Gasteiger partial charge in [-0.25, -0.2) is 9.97 Å². The molecule has 1 amide bonds. The zero-order valence-electron chi connectivity index (χ0n) is 12.8. The van der Waals surface area contributed by atoms with Gasteiger partial charge in [-0.3, -0.25) is 4.79 Å². The Kier molecular flexibility index (Phi) is 4.48. The molecule has 1 aliphatic carbocycles. The van der Waals surface area contributed by atoms with Crippen molar-refractivity contribution in [2.75, 3.05) is 6.61 Å². The van der Waals surface area contributed by atoms with E-state index in [0.717, 1.165) is 12.8 Å². The van der Waals surface area contributed by atoms with E-state index in [9.17, 15) is 10.1 Å². The van der Waals surface area contributed by atoms with E-state index in [1.54, 1.807) is 19.1 Å². The summed E-state index contributed by atoms with van der Waals surface area (Å²) in [7, 11) is 0. The summed E-state index contributed by atoms with van der Waals surface area (Å²) in [5, 5.41) is 13.3. The maximum absolute atomic E-state index is 12.1. The van der Waals surface area contributed by atoms with Crippen LogP contribution in [0.2, 0.25) is 10.0 Å². The number of nitrogens with one attached hydrogen (secondary N) is 1. The monoisotopic (exact) mass is 364 g/mol. The van der Waals surface area contributed by atoms with Crippen LogP contribution in [0, 0.1) is 17.2 Å². The number of carbonyl (C=O) groups is 1. The Bertz CT molecular complexity index is 848. The molecule has 3 rings (SSSR count).